The fourth-order valence-corrected chi connectivity index (χ4v) is 3.52. The summed E-state index contributed by atoms with van der Waals surface area (Å²) >= 11 is 0. The van der Waals surface area contributed by atoms with Gasteiger partial charge < -0.3 is 10.1 Å². The first-order valence-corrected chi connectivity index (χ1v) is 10.2. The number of halogens is 1. The second-order valence-electron chi connectivity index (χ2n) is 7.27. The van der Waals surface area contributed by atoms with E-state index in [4.69, 9.17) is 4.74 Å². The van der Waals surface area contributed by atoms with Gasteiger partial charge in [-0.25, -0.2) is 9.97 Å². The fourth-order valence-electron chi connectivity index (χ4n) is 3.52. The Morgan fingerprint density at radius 2 is 1.76 bits per heavy atom. The molecule has 2 aromatic carbocycles. The molecule has 5 heteroatoms. The van der Waals surface area contributed by atoms with Gasteiger partial charge in [0, 0.05) is 24.5 Å². The standard InChI is InChI=1S/C24H27N3O.ClH/c1-2-18-15-26-24(27-16-18)20-7-5-19(6-8-20)4-3-13-28-23-10-9-22-17-25-12-11-21(22)14-23;/h5-10,14-16,25H,2-4,11-13,17H2,1H3;1H. The Bertz CT molecular complexity index is 910. The van der Waals surface area contributed by atoms with Crippen LogP contribution in [0.25, 0.3) is 11.4 Å². The molecule has 152 valence electrons. The monoisotopic (exact) mass is 409 g/mol. The summed E-state index contributed by atoms with van der Waals surface area (Å²) in [5.74, 6) is 1.78. The number of hydrogen-bond donors (Lipinski definition) is 1. The fraction of sp³-hybridized carbons (Fsp3) is 0.333. The predicted octanol–water partition coefficient (Wildman–Crippen LogP) is 4.79. The average molecular weight is 410 g/mol. The van der Waals surface area contributed by atoms with E-state index in [2.05, 4.69) is 64.7 Å². The molecule has 3 aromatic rings. The molecule has 0 amide bonds. The van der Waals surface area contributed by atoms with Crippen LogP contribution >= 0.6 is 12.4 Å². The van der Waals surface area contributed by atoms with Crippen LogP contribution in [0, 0.1) is 0 Å². The molecule has 1 aromatic heterocycles. The first-order valence-electron chi connectivity index (χ1n) is 10.2. The first kappa shape index (κ1) is 21.3. The molecule has 1 aliphatic heterocycles. The van der Waals surface area contributed by atoms with Crippen molar-refractivity contribution < 1.29 is 4.74 Å². The number of hydrogen-bond acceptors (Lipinski definition) is 4. The highest BCUT2D eigenvalue weighted by molar-refractivity contribution is 5.85. The number of benzene rings is 2. The Morgan fingerprint density at radius 1 is 0.966 bits per heavy atom. The number of fused-ring (bicyclic) bond motifs is 1. The maximum atomic E-state index is 5.97. The van der Waals surface area contributed by atoms with Crippen molar-refractivity contribution in [1.29, 1.82) is 0 Å². The maximum absolute atomic E-state index is 5.97. The van der Waals surface area contributed by atoms with Gasteiger partial charge in [0.05, 0.1) is 6.61 Å². The molecule has 0 unspecified atom stereocenters. The van der Waals surface area contributed by atoms with Gasteiger partial charge in [-0.05, 0) is 66.6 Å². The zero-order valence-electron chi connectivity index (χ0n) is 16.9. The lowest BCUT2D eigenvalue weighted by atomic mass is 10.0. The number of nitrogens with one attached hydrogen (secondary N) is 1. The minimum atomic E-state index is 0. The molecule has 0 bridgehead atoms. The van der Waals surface area contributed by atoms with Gasteiger partial charge in [0.2, 0.25) is 0 Å². The van der Waals surface area contributed by atoms with Crippen LogP contribution in [0.1, 0.15) is 35.6 Å². The third-order valence-electron chi connectivity index (χ3n) is 5.27. The molecule has 0 fully saturated rings. The molecule has 4 nitrogen and oxygen atoms in total. The third kappa shape index (κ3) is 5.55. The molecular formula is C24H28ClN3O. The molecule has 0 spiro atoms. The molecule has 2 heterocycles. The van der Waals surface area contributed by atoms with Crippen molar-refractivity contribution in [2.45, 2.75) is 39.2 Å². The van der Waals surface area contributed by atoms with Crippen LogP contribution in [0.15, 0.2) is 54.9 Å². The Hall–Kier alpha value is -2.43. The Kier molecular flexibility index (Phi) is 7.62. The summed E-state index contributed by atoms with van der Waals surface area (Å²) in [5.41, 5.74) is 6.35. The molecule has 1 N–H and O–H groups in total. The van der Waals surface area contributed by atoms with E-state index in [9.17, 15) is 0 Å². The maximum Gasteiger partial charge on any atom is 0.159 e. The van der Waals surface area contributed by atoms with Gasteiger partial charge in [-0.1, -0.05) is 37.3 Å². The summed E-state index contributed by atoms with van der Waals surface area (Å²) in [6.07, 6.45) is 7.87. The van der Waals surface area contributed by atoms with Gasteiger partial charge in [-0.15, -0.1) is 12.4 Å². The van der Waals surface area contributed by atoms with Crippen molar-refractivity contribution in [3.8, 4) is 17.1 Å². The summed E-state index contributed by atoms with van der Waals surface area (Å²) in [6, 6.07) is 15.0. The second-order valence-corrected chi connectivity index (χ2v) is 7.27. The SMILES string of the molecule is CCc1cnc(-c2ccc(CCCOc3ccc4c(c3)CCNC4)cc2)nc1.Cl. The lowest BCUT2D eigenvalue weighted by Gasteiger charge is -2.18. The quantitative estimate of drug-likeness (QED) is 0.570. The predicted molar refractivity (Wildman–Crippen MR) is 120 cm³/mol. The van der Waals surface area contributed by atoms with Crippen molar-refractivity contribution in [2.75, 3.05) is 13.2 Å². The van der Waals surface area contributed by atoms with Crippen LogP contribution in [0.4, 0.5) is 0 Å². The molecule has 0 radical (unpaired) electrons. The smallest absolute Gasteiger partial charge is 0.159 e. The highest BCUT2D eigenvalue weighted by Gasteiger charge is 2.09. The second kappa shape index (κ2) is 10.4. The zero-order chi connectivity index (χ0) is 19.2. The number of nitrogens with zero attached hydrogens (tertiary/aromatic N) is 2. The van der Waals surface area contributed by atoms with Crippen molar-refractivity contribution in [3.63, 3.8) is 0 Å². The van der Waals surface area contributed by atoms with E-state index in [0.29, 0.717) is 0 Å². The Labute approximate surface area is 179 Å². The van der Waals surface area contributed by atoms with Crippen molar-refractivity contribution >= 4 is 12.4 Å². The van der Waals surface area contributed by atoms with Gasteiger partial charge in [-0.3, -0.25) is 0 Å². The van der Waals surface area contributed by atoms with Gasteiger partial charge in [0.1, 0.15) is 5.75 Å². The van der Waals surface area contributed by atoms with E-state index >= 15 is 0 Å². The lowest BCUT2D eigenvalue weighted by molar-refractivity contribution is 0.310. The van der Waals surface area contributed by atoms with Crippen LogP contribution in [-0.4, -0.2) is 23.1 Å². The van der Waals surface area contributed by atoms with E-state index in [1.807, 2.05) is 12.4 Å². The van der Waals surface area contributed by atoms with Crippen molar-refractivity contribution in [1.82, 2.24) is 15.3 Å². The topological polar surface area (TPSA) is 47.0 Å². The molecule has 0 atom stereocenters. The molecule has 0 saturated carbocycles. The Balaban J connectivity index is 0.00000240. The summed E-state index contributed by atoms with van der Waals surface area (Å²) in [7, 11) is 0. The molecule has 29 heavy (non-hydrogen) atoms. The summed E-state index contributed by atoms with van der Waals surface area (Å²) < 4.78 is 5.97. The normalized spacial score (nSPS) is 12.7. The molecule has 1 aliphatic rings. The average Bonchev–Trinajstić information content (AvgIpc) is 2.77. The number of ether oxygens (including phenoxy) is 1. The van der Waals surface area contributed by atoms with Gasteiger partial charge in [0.15, 0.2) is 5.82 Å². The van der Waals surface area contributed by atoms with Gasteiger partial charge in [-0.2, -0.15) is 0 Å². The molecule has 0 saturated heterocycles. The minimum Gasteiger partial charge on any atom is -0.494 e. The third-order valence-corrected chi connectivity index (χ3v) is 5.27. The van der Waals surface area contributed by atoms with E-state index in [-0.39, 0.29) is 12.4 Å². The number of aromatic nitrogens is 2. The highest BCUT2D eigenvalue weighted by Crippen LogP contribution is 2.21. The zero-order valence-corrected chi connectivity index (χ0v) is 17.7. The summed E-state index contributed by atoms with van der Waals surface area (Å²) in [5, 5.41) is 3.40. The molecular weight excluding hydrogens is 382 g/mol. The van der Waals surface area contributed by atoms with Crippen LogP contribution in [-0.2, 0) is 25.8 Å². The Morgan fingerprint density at radius 3 is 2.52 bits per heavy atom. The van der Waals surface area contributed by atoms with Crippen LogP contribution < -0.4 is 10.1 Å². The van der Waals surface area contributed by atoms with Crippen LogP contribution in [0.3, 0.4) is 0 Å². The minimum absolute atomic E-state index is 0. The van der Waals surface area contributed by atoms with E-state index < -0.39 is 0 Å². The van der Waals surface area contributed by atoms with E-state index in [1.54, 1.807) is 0 Å². The first-order chi connectivity index (χ1) is 13.8. The number of rotatable bonds is 7. The van der Waals surface area contributed by atoms with Gasteiger partial charge >= 0.3 is 0 Å². The van der Waals surface area contributed by atoms with Crippen LogP contribution in [0.5, 0.6) is 5.75 Å². The lowest BCUT2D eigenvalue weighted by Crippen LogP contribution is -2.23. The van der Waals surface area contributed by atoms with Crippen molar-refractivity contribution in [3.05, 3.63) is 77.1 Å². The molecule has 0 aliphatic carbocycles. The largest absolute Gasteiger partial charge is 0.494 e. The number of aryl methyl sites for hydroxylation is 2. The summed E-state index contributed by atoms with van der Waals surface area (Å²) in [4.78, 5) is 8.91. The highest BCUT2D eigenvalue weighted by atomic mass is 35.5. The van der Waals surface area contributed by atoms with Crippen LogP contribution in [0.2, 0.25) is 0 Å². The van der Waals surface area contributed by atoms with Gasteiger partial charge in [0.25, 0.3) is 0 Å². The van der Waals surface area contributed by atoms with E-state index in [0.717, 1.165) is 68.1 Å². The molecule has 4 rings (SSSR count). The van der Waals surface area contributed by atoms with E-state index in [1.165, 1.54) is 16.7 Å². The van der Waals surface area contributed by atoms with Crippen molar-refractivity contribution in [2.24, 2.45) is 0 Å². The summed E-state index contributed by atoms with van der Waals surface area (Å²) in [6.45, 7) is 4.87.